The number of carbonyl (C=O) groups is 1. The summed E-state index contributed by atoms with van der Waals surface area (Å²) in [4.78, 5) is 11.0. The van der Waals surface area contributed by atoms with Gasteiger partial charge in [0.1, 0.15) is 17.4 Å². The number of nitrogens with one attached hydrogen (secondary N) is 1. The largest absolute Gasteiger partial charge is 0.508 e. The van der Waals surface area contributed by atoms with Crippen molar-refractivity contribution in [2.75, 3.05) is 5.32 Å². The highest BCUT2D eigenvalue weighted by atomic mass is 19.1. The van der Waals surface area contributed by atoms with Crippen LogP contribution in [0.2, 0.25) is 0 Å². The Kier molecular flexibility index (Phi) is 3.84. The van der Waals surface area contributed by atoms with Crippen LogP contribution in [0.25, 0.3) is 0 Å². The number of nitrogens with two attached hydrogens (primary N) is 1. The number of hydrogen-bond donors (Lipinski definition) is 3. The fraction of sp³-hybridized carbons (Fsp3) is 0.0714. The van der Waals surface area contributed by atoms with E-state index in [0.717, 1.165) is 12.1 Å². The van der Waals surface area contributed by atoms with Crippen LogP contribution in [0.4, 0.5) is 14.5 Å². The molecule has 4 nitrogen and oxygen atoms in total. The average Bonchev–Trinajstić information content (AvgIpc) is 2.36. The number of hydrogen-bond acceptors (Lipinski definition) is 3. The number of phenolic OH excluding ortho intramolecular Hbond substituents is 1. The number of anilines is 1. The van der Waals surface area contributed by atoms with Gasteiger partial charge in [0.25, 0.3) is 5.91 Å². The summed E-state index contributed by atoms with van der Waals surface area (Å²) in [5.74, 6) is -2.31. The van der Waals surface area contributed by atoms with Crippen LogP contribution in [0, 0.1) is 11.6 Å². The number of carbonyl (C=O) groups excluding carboxylic acids is 1. The van der Waals surface area contributed by atoms with Gasteiger partial charge in [-0.15, -0.1) is 0 Å². The third kappa shape index (κ3) is 3.23. The molecular formula is C14H12F2N2O2. The Morgan fingerprint density at radius 1 is 1.20 bits per heavy atom. The summed E-state index contributed by atoms with van der Waals surface area (Å²) in [6, 6.07) is 7.47. The van der Waals surface area contributed by atoms with E-state index in [-0.39, 0.29) is 17.9 Å². The molecule has 2 rings (SSSR count). The van der Waals surface area contributed by atoms with Crippen LogP contribution in [-0.4, -0.2) is 11.0 Å². The topological polar surface area (TPSA) is 75.4 Å². The minimum Gasteiger partial charge on any atom is -0.508 e. The third-order valence-electron chi connectivity index (χ3n) is 2.67. The molecule has 0 radical (unpaired) electrons. The number of benzene rings is 2. The fourth-order valence-electron chi connectivity index (χ4n) is 1.76. The van der Waals surface area contributed by atoms with Crippen molar-refractivity contribution in [1.82, 2.24) is 0 Å². The molecule has 20 heavy (non-hydrogen) atoms. The maximum absolute atomic E-state index is 13.3. The van der Waals surface area contributed by atoms with Crippen molar-refractivity contribution < 1.29 is 18.7 Å². The quantitative estimate of drug-likeness (QED) is 0.803. The molecule has 0 saturated heterocycles. The van der Waals surface area contributed by atoms with E-state index in [9.17, 15) is 18.7 Å². The molecule has 0 spiro atoms. The van der Waals surface area contributed by atoms with Crippen molar-refractivity contribution in [3.8, 4) is 5.75 Å². The van der Waals surface area contributed by atoms with Crippen molar-refractivity contribution in [3.05, 3.63) is 59.2 Å². The minimum atomic E-state index is -0.866. The Bertz CT molecular complexity index is 639. The van der Waals surface area contributed by atoms with Gasteiger partial charge in [-0.25, -0.2) is 8.78 Å². The van der Waals surface area contributed by atoms with E-state index < -0.39 is 17.5 Å². The zero-order valence-electron chi connectivity index (χ0n) is 10.4. The van der Waals surface area contributed by atoms with Gasteiger partial charge in [0.05, 0.1) is 5.56 Å². The number of halogens is 2. The Hall–Kier alpha value is -2.63. The minimum absolute atomic E-state index is 0.182. The second-order valence-corrected chi connectivity index (χ2v) is 4.23. The van der Waals surface area contributed by atoms with Gasteiger partial charge in [0, 0.05) is 18.3 Å². The van der Waals surface area contributed by atoms with Gasteiger partial charge in [-0.3, -0.25) is 4.79 Å². The lowest BCUT2D eigenvalue weighted by molar-refractivity contribution is 0.0996. The van der Waals surface area contributed by atoms with Crippen LogP contribution < -0.4 is 11.1 Å². The SMILES string of the molecule is NC(=O)c1cc(NCc2cc(O)cc(F)c2)ccc1F. The van der Waals surface area contributed by atoms with Crippen molar-refractivity contribution in [2.24, 2.45) is 5.73 Å². The van der Waals surface area contributed by atoms with Gasteiger partial charge in [0.15, 0.2) is 0 Å². The number of phenols is 1. The van der Waals surface area contributed by atoms with Crippen LogP contribution in [0.15, 0.2) is 36.4 Å². The van der Waals surface area contributed by atoms with Crippen LogP contribution in [0.1, 0.15) is 15.9 Å². The second kappa shape index (κ2) is 5.56. The first-order valence-electron chi connectivity index (χ1n) is 5.77. The first kappa shape index (κ1) is 13.8. The molecule has 6 heteroatoms. The van der Waals surface area contributed by atoms with E-state index in [2.05, 4.69) is 5.32 Å². The molecule has 0 saturated carbocycles. The molecule has 104 valence electrons. The van der Waals surface area contributed by atoms with Crippen molar-refractivity contribution in [3.63, 3.8) is 0 Å². The summed E-state index contributed by atoms with van der Waals surface area (Å²) in [5, 5.41) is 12.2. The number of aromatic hydroxyl groups is 1. The van der Waals surface area contributed by atoms with Gasteiger partial charge >= 0.3 is 0 Å². The molecule has 0 aliphatic heterocycles. The molecule has 2 aromatic carbocycles. The lowest BCUT2D eigenvalue weighted by atomic mass is 10.1. The molecule has 0 aliphatic carbocycles. The van der Waals surface area contributed by atoms with Crippen molar-refractivity contribution in [1.29, 1.82) is 0 Å². The highest BCUT2D eigenvalue weighted by molar-refractivity contribution is 5.94. The van der Waals surface area contributed by atoms with Crippen LogP contribution in [0.5, 0.6) is 5.75 Å². The molecule has 0 aliphatic rings. The molecule has 0 atom stereocenters. The summed E-state index contributed by atoms with van der Waals surface area (Å²) in [5.41, 5.74) is 5.79. The first-order chi connectivity index (χ1) is 9.45. The van der Waals surface area contributed by atoms with Gasteiger partial charge < -0.3 is 16.2 Å². The molecule has 2 aromatic rings. The molecule has 0 unspecified atom stereocenters. The maximum atomic E-state index is 13.3. The Balaban J connectivity index is 2.14. The number of amides is 1. The predicted molar refractivity (Wildman–Crippen MR) is 70.3 cm³/mol. The predicted octanol–water partition coefficient (Wildman–Crippen LogP) is 2.38. The molecule has 4 N–H and O–H groups in total. The van der Waals surface area contributed by atoms with E-state index >= 15 is 0 Å². The maximum Gasteiger partial charge on any atom is 0.251 e. The van der Waals surface area contributed by atoms with Gasteiger partial charge in [0.2, 0.25) is 0 Å². The standard InChI is InChI=1S/C14H12F2N2O2/c15-9-3-8(4-11(19)5-9)7-18-10-1-2-13(16)12(6-10)14(17)20/h1-6,18-19H,7H2,(H2,17,20). The Morgan fingerprint density at radius 2 is 1.95 bits per heavy atom. The number of rotatable bonds is 4. The lowest BCUT2D eigenvalue weighted by Crippen LogP contribution is -2.13. The van der Waals surface area contributed by atoms with E-state index in [1.807, 2.05) is 0 Å². The van der Waals surface area contributed by atoms with E-state index in [1.165, 1.54) is 24.3 Å². The number of primary amides is 1. The van der Waals surface area contributed by atoms with Gasteiger partial charge in [-0.2, -0.15) is 0 Å². The van der Waals surface area contributed by atoms with Crippen LogP contribution >= 0.6 is 0 Å². The van der Waals surface area contributed by atoms with E-state index in [4.69, 9.17) is 5.73 Å². The van der Waals surface area contributed by atoms with E-state index in [0.29, 0.717) is 11.3 Å². The Labute approximate surface area is 113 Å². The van der Waals surface area contributed by atoms with Crippen LogP contribution in [-0.2, 0) is 6.54 Å². The molecule has 0 fully saturated rings. The molecule has 0 heterocycles. The highest BCUT2D eigenvalue weighted by Crippen LogP contribution is 2.18. The van der Waals surface area contributed by atoms with Crippen molar-refractivity contribution in [2.45, 2.75) is 6.54 Å². The zero-order chi connectivity index (χ0) is 14.7. The van der Waals surface area contributed by atoms with Crippen molar-refractivity contribution >= 4 is 11.6 Å². The summed E-state index contributed by atoms with van der Waals surface area (Å²) >= 11 is 0. The normalized spacial score (nSPS) is 10.3. The molecule has 1 amide bonds. The smallest absolute Gasteiger partial charge is 0.251 e. The summed E-state index contributed by atoms with van der Waals surface area (Å²) < 4.78 is 26.4. The Morgan fingerprint density at radius 3 is 2.60 bits per heavy atom. The lowest BCUT2D eigenvalue weighted by Gasteiger charge is -2.08. The summed E-state index contributed by atoms with van der Waals surface area (Å²) in [6.45, 7) is 0.204. The third-order valence-corrected chi connectivity index (χ3v) is 2.67. The second-order valence-electron chi connectivity index (χ2n) is 4.23. The molecule has 0 aromatic heterocycles. The first-order valence-corrected chi connectivity index (χ1v) is 5.77. The monoisotopic (exact) mass is 278 g/mol. The van der Waals surface area contributed by atoms with Crippen LogP contribution in [0.3, 0.4) is 0 Å². The summed E-state index contributed by atoms with van der Waals surface area (Å²) in [7, 11) is 0. The van der Waals surface area contributed by atoms with Gasteiger partial charge in [-0.05, 0) is 35.9 Å². The summed E-state index contributed by atoms with van der Waals surface area (Å²) in [6.07, 6.45) is 0. The highest BCUT2D eigenvalue weighted by Gasteiger charge is 2.09. The average molecular weight is 278 g/mol. The van der Waals surface area contributed by atoms with Gasteiger partial charge in [-0.1, -0.05) is 0 Å². The fourth-order valence-corrected chi connectivity index (χ4v) is 1.76. The van der Waals surface area contributed by atoms with E-state index in [1.54, 1.807) is 0 Å². The molecular weight excluding hydrogens is 266 g/mol. The molecule has 0 bridgehead atoms. The zero-order valence-corrected chi connectivity index (χ0v) is 10.4.